The highest BCUT2D eigenvalue weighted by Gasteiger charge is 2.36. The first kappa shape index (κ1) is 21.6. The zero-order valence-electron chi connectivity index (χ0n) is 20.9. The lowest BCUT2D eigenvalue weighted by atomic mass is 9.95. The van der Waals surface area contributed by atoms with E-state index in [1.54, 1.807) is 0 Å². The van der Waals surface area contributed by atoms with E-state index in [-0.39, 0.29) is 6.04 Å². The summed E-state index contributed by atoms with van der Waals surface area (Å²) in [5.41, 5.74) is 6.69. The van der Waals surface area contributed by atoms with Crippen LogP contribution in [0.4, 0.5) is 5.69 Å². The van der Waals surface area contributed by atoms with E-state index in [1.807, 2.05) is 0 Å². The number of hydrogen-bond donors (Lipinski definition) is 0. The SMILES string of the molecule is Cc1cc2ccccc2c2c1op(N1c3ccccc3C(C)C1C)oc1c(C)cc3ccccc3c12. The van der Waals surface area contributed by atoms with Gasteiger partial charge in [0.15, 0.2) is 0 Å². The molecule has 7 rings (SSSR count). The van der Waals surface area contributed by atoms with Gasteiger partial charge in [0.2, 0.25) is 0 Å². The number of aryl methyl sites for hydroxylation is 2. The van der Waals surface area contributed by atoms with Crippen LogP contribution < -0.4 is 4.67 Å². The average molecular weight is 490 g/mol. The molecular weight excluding hydrogens is 461 g/mol. The molecule has 5 aromatic carbocycles. The Morgan fingerprint density at radius 1 is 0.667 bits per heavy atom. The first-order valence-corrected chi connectivity index (χ1v) is 13.7. The molecule has 4 heteroatoms. The van der Waals surface area contributed by atoms with Crippen molar-refractivity contribution in [3.05, 3.63) is 102 Å². The van der Waals surface area contributed by atoms with E-state index in [0.717, 1.165) is 33.1 Å². The molecular formula is C32H28NO2P. The third-order valence-electron chi connectivity index (χ3n) is 7.92. The van der Waals surface area contributed by atoms with Gasteiger partial charge in [0.1, 0.15) is 11.2 Å². The monoisotopic (exact) mass is 489 g/mol. The number of benzene rings is 5. The molecule has 0 radical (unpaired) electrons. The van der Waals surface area contributed by atoms with Crippen molar-refractivity contribution in [2.75, 3.05) is 4.67 Å². The molecule has 1 aromatic heterocycles. The summed E-state index contributed by atoms with van der Waals surface area (Å²) in [5.74, 6) is 0.397. The minimum absolute atomic E-state index is 0.264. The summed E-state index contributed by atoms with van der Waals surface area (Å²) < 4.78 is 16.4. The Kier molecular flexibility index (Phi) is 4.75. The number of nitrogens with zero attached hydrogens (tertiary/aromatic N) is 1. The summed E-state index contributed by atoms with van der Waals surface area (Å²) in [6, 6.07) is 30.7. The molecule has 2 heterocycles. The van der Waals surface area contributed by atoms with Crippen molar-refractivity contribution in [1.82, 2.24) is 0 Å². The van der Waals surface area contributed by atoms with Gasteiger partial charge < -0.3 is 8.39 Å². The summed E-state index contributed by atoms with van der Waals surface area (Å²) in [6.07, 6.45) is 0. The Labute approximate surface area is 211 Å². The number of rotatable bonds is 1. The number of hydrogen-bond acceptors (Lipinski definition) is 3. The van der Waals surface area contributed by atoms with Crippen molar-refractivity contribution in [3.8, 4) is 0 Å². The van der Waals surface area contributed by atoms with Crippen LogP contribution >= 0.6 is 8.16 Å². The van der Waals surface area contributed by atoms with E-state index in [2.05, 4.69) is 117 Å². The van der Waals surface area contributed by atoms with Crippen LogP contribution in [0.15, 0.2) is 93.3 Å². The van der Waals surface area contributed by atoms with Crippen LogP contribution in [-0.2, 0) is 0 Å². The van der Waals surface area contributed by atoms with Crippen LogP contribution in [0.3, 0.4) is 0 Å². The topological polar surface area (TPSA) is 29.5 Å². The van der Waals surface area contributed by atoms with Crippen LogP contribution in [-0.4, -0.2) is 6.04 Å². The van der Waals surface area contributed by atoms with Crippen LogP contribution in [0.5, 0.6) is 0 Å². The highest BCUT2D eigenvalue weighted by atomic mass is 31.1. The van der Waals surface area contributed by atoms with Crippen LogP contribution in [0.1, 0.15) is 36.5 Å². The minimum atomic E-state index is -1.44. The summed E-state index contributed by atoms with van der Waals surface area (Å²) in [7, 11) is -1.44. The number of para-hydroxylation sites is 1. The molecule has 2 unspecified atom stereocenters. The van der Waals surface area contributed by atoms with Gasteiger partial charge in [-0.2, -0.15) is 0 Å². The quantitative estimate of drug-likeness (QED) is 0.230. The fourth-order valence-corrected chi connectivity index (χ4v) is 7.79. The molecule has 1 aliphatic rings. The van der Waals surface area contributed by atoms with Crippen LogP contribution in [0, 0.1) is 13.8 Å². The van der Waals surface area contributed by atoms with Crippen molar-refractivity contribution in [1.29, 1.82) is 0 Å². The Morgan fingerprint density at radius 2 is 1.17 bits per heavy atom. The maximum Gasteiger partial charge on any atom is 0.341 e. The highest BCUT2D eigenvalue weighted by Crippen LogP contribution is 2.52. The summed E-state index contributed by atoms with van der Waals surface area (Å²) in [5, 5.41) is 7.09. The fourth-order valence-electron chi connectivity index (χ4n) is 5.94. The molecule has 2 atom stereocenters. The molecule has 0 N–H and O–H groups in total. The predicted molar refractivity (Wildman–Crippen MR) is 153 cm³/mol. The fraction of sp³-hybridized carbons (Fsp3) is 0.188. The molecule has 0 spiro atoms. The smallest absolute Gasteiger partial charge is 0.341 e. The minimum Gasteiger partial charge on any atom is -0.403 e. The normalized spacial score (nSPS) is 17.4. The Balaban J connectivity index is 1.73. The van der Waals surface area contributed by atoms with Crippen LogP contribution in [0.25, 0.3) is 43.5 Å². The maximum absolute atomic E-state index is 7.01. The summed E-state index contributed by atoms with van der Waals surface area (Å²) in [4.78, 5) is 0. The predicted octanol–water partition coefficient (Wildman–Crippen LogP) is 9.99. The molecule has 6 aromatic rings. The van der Waals surface area contributed by atoms with Crippen LogP contribution in [0.2, 0.25) is 0 Å². The zero-order chi connectivity index (χ0) is 24.6. The second-order valence-corrected chi connectivity index (χ2v) is 11.4. The van der Waals surface area contributed by atoms with Crippen molar-refractivity contribution in [2.24, 2.45) is 0 Å². The standard InChI is InChI=1S/C32H28NO2P/c1-19-17-23-11-5-7-14-26(23)29-30-27-15-8-6-12-24(27)18-20(2)32(30)35-36(34-31(19)29)33-22(4)21(3)25-13-9-10-16-28(25)33/h5-18,21-22H,1-4H3. The third kappa shape index (κ3) is 2.99. The second-order valence-electron chi connectivity index (χ2n) is 10.1. The van der Waals surface area contributed by atoms with Gasteiger partial charge >= 0.3 is 8.16 Å². The largest absolute Gasteiger partial charge is 0.403 e. The second kappa shape index (κ2) is 7.91. The van der Waals surface area contributed by atoms with Gasteiger partial charge in [0, 0.05) is 22.7 Å². The Morgan fingerprint density at radius 3 is 1.75 bits per heavy atom. The molecule has 3 nitrogen and oxygen atoms in total. The summed E-state index contributed by atoms with van der Waals surface area (Å²) >= 11 is 0. The zero-order valence-corrected chi connectivity index (χ0v) is 21.8. The average Bonchev–Trinajstić information content (AvgIpc) is 3.02. The molecule has 0 bridgehead atoms. The van der Waals surface area contributed by atoms with Gasteiger partial charge in [0.05, 0.1) is 5.69 Å². The van der Waals surface area contributed by atoms with Gasteiger partial charge in [-0.3, -0.25) is 4.67 Å². The van der Waals surface area contributed by atoms with E-state index in [0.29, 0.717) is 5.92 Å². The van der Waals surface area contributed by atoms with Gasteiger partial charge in [-0.25, -0.2) is 0 Å². The Bertz CT molecular complexity index is 1770. The molecule has 0 saturated heterocycles. The van der Waals surface area contributed by atoms with Gasteiger partial charge in [-0.05, 0) is 77.2 Å². The third-order valence-corrected chi connectivity index (χ3v) is 9.53. The van der Waals surface area contributed by atoms with Gasteiger partial charge in [0.25, 0.3) is 0 Å². The van der Waals surface area contributed by atoms with Crippen molar-refractivity contribution in [2.45, 2.75) is 39.7 Å². The molecule has 0 fully saturated rings. The van der Waals surface area contributed by atoms with Crippen molar-refractivity contribution < 1.29 is 8.39 Å². The first-order chi connectivity index (χ1) is 17.5. The lowest BCUT2D eigenvalue weighted by Gasteiger charge is -2.22. The van der Waals surface area contributed by atoms with Gasteiger partial charge in [-0.1, -0.05) is 73.7 Å². The molecule has 36 heavy (non-hydrogen) atoms. The highest BCUT2D eigenvalue weighted by molar-refractivity contribution is 7.39. The van der Waals surface area contributed by atoms with E-state index < -0.39 is 8.16 Å². The molecule has 0 aliphatic carbocycles. The van der Waals surface area contributed by atoms with E-state index in [1.165, 1.54) is 32.8 Å². The lowest BCUT2D eigenvalue weighted by Crippen LogP contribution is -2.22. The van der Waals surface area contributed by atoms with Crippen molar-refractivity contribution >= 4 is 57.3 Å². The van der Waals surface area contributed by atoms with E-state index >= 15 is 0 Å². The number of anilines is 1. The molecule has 1 aliphatic heterocycles. The Hall–Kier alpha value is -3.68. The summed E-state index contributed by atoms with van der Waals surface area (Å²) in [6.45, 7) is 8.90. The number of fused-ring (bicyclic) bond motifs is 8. The van der Waals surface area contributed by atoms with E-state index in [4.69, 9.17) is 8.39 Å². The van der Waals surface area contributed by atoms with E-state index in [9.17, 15) is 0 Å². The lowest BCUT2D eigenvalue weighted by molar-refractivity contribution is 0.598. The van der Waals surface area contributed by atoms with Gasteiger partial charge in [-0.15, -0.1) is 0 Å². The molecule has 0 saturated carbocycles. The maximum atomic E-state index is 7.01. The van der Waals surface area contributed by atoms with Crippen molar-refractivity contribution in [3.63, 3.8) is 0 Å². The first-order valence-electron chi connectivity index (χ1n) is 12.6. The molecule has 0 amide bonds. The molecule has 178 valence electrons.